The summed E-state index contributed by atoms with van der Waals surface area (Å²) in [5.41, 5.74) is 0.751. The molecule has 0 heterocycles. The van der Waals surface area contributed by atoms with Crippen LogP contribution in [0.15, 0.2) is 12.1 Å². The molecule has 0 saturated carbocycles. The smallest absolute Gasteiger partial charge is 0.565 e. The first-order valence-electron chi connectivity index (χ1n) is 4.05. The van der Waals surface area contributed by atoms with Crippen molar-refractivity contribution in [1.29, 1.82) is 0 Å². The molecule has 0 aliphatic heterocycles. The SMILES string of the molecule is CC(C)c1cc(O)[c-]cc1O.O=S(=O)=O.[K+]. The monoisotopic (exact) mass is 270 g/mol. The van der Waals surface area contributed by atoms with Gasteiger partial charge in [0.1, 0.15) is 0 Å². The normalized spacial score (nSPS) is 8.69. The van der Waals surface area contributed by atoms with E-state index in [9.17, 15) is 5.11 Å². The minimum Gasteiger partial charge on any atom is -0.565 e. The molecule has 0 amide bonds. The van der Waals surface area contributed by atoms with E-state index in [1.165, 1.54) is 12.1 Å². The molecule has 0 unspecified atom stereocenters. The molecule has 0 saturated heterocycles. The van der Waals surface area contributed by atoms with Crippen LogP contribution in [-0.4, -0.2) is 22.8 Å². The molecule has 0 spiro atoms. The van der Waals surface area contributed by atoms with Crippen molar-refractivity contribution in [3.05, 3.63) is 23.8 Å². The second-order valence-electron chi connectivity index (χ2n) is 3.02. The molecule has 0 fully saturated rings. The van der Waals surface area contributed by atoms with Crippen LogP contribution in [-0.2, 0) is 10.6 Å². The first-order chi connectivity index (χ1) is 6.84. The Hall–Kier alpha value is 0.0764. The van der Waals surface area contributed by atoms with Gasteiger partial charge in [0, 0.05) is 11.5 Å². The van der Waals surface area contributed by atoms with Crippen LogP contribution in [0.4, 0.5) is 0 Å². The van der Waals surface area contributed by atoms with Crippen molar-refractivity contribution in [3.8, 4) is 11.5 Å². The molecule has 1 aromatic rings. The number of aromatic hydroxyl groups is 2. The molecule has 84 valence electrons. The van der Waals surface area contributed by atoms with Gasteiger partial charge in [-0.2, -0.15) is 0 Å². The maximum absolute atomic E-state index is 9.26. The minimum absolute atomic E-state index is 0. The fraction of sp³-hybridized carbons (Fsp3) is 0.333. The zero-order valence-electron chi connectivity index (χ0n) is 9.26. The fourth-order valence-corrected chi connectivity index (χ4v) is 0.951. The Labute approximate surface area is 138 Å². The average Bonchev–Trinajstić information content (AvgIpc) is 2.08. The van der Waals surface area contributed by atoms with Crippen molar-refractivity contribution in [2.24, 2.45) is 0 Å². The van der Waals surface area contributed by atoms with E-state index in [-0.39, 0.29) is 68.8 Å². The van der Waals surface area contributed by atoms with E-state index >= 15 is 0 Å². The predicted octanol–water partition coefficient (Wildman–Crippen LogP) is -1.98. The summed E-state index contributed by atoms with van der Waals surface area (Å²) < 4.78 is 25.3. The number of rotatable bonds is 1. The predicted molar refractivity (Wildman–Crippen MR) is 52.4 cm³/mol. The molecule has 0 aliphatic rings. The Kier molecular flexibility index (Phi) is 10.5. The van der Waals surface area contributed by atoms with Gasteiger partial charge in [-0.05, 0) is 5.92 Å². The number of phenols is 2. The molecule has 1 aromatic carbocycles. The summed E-state index contributed by atoms with van der Waals surface area (Å²) >= 11 is 0. The van der Waals surface area contributed by atoms with E-state index in [4.69, 9.17) is 17.7 Å². The van der Waals surface area contributed by atoms with Crippen LogP contribution in [0.1, 0.15) is 25.3 Å². The number of benzene rings is 1. The summed E-state index contributed by atoms with van der Waals surface area (Å²) in [5.74, 6) is 0.486. The van der Waals surface area contributed by atoms with Crippen molar-refractivity contribution in [2.75, 3.05) is 0 Å². The Morgan fingerprint density at radius 3 is 2.00 bits per heavy atom. The topological polar surface area (TPSA) is 91.7 Å². The van der Waals surface area contributed by atoms with Crippen molar-refractivity contribution >= 4 is 10.6 Å². The summed E-state index contributed by atoms with van der Waals surface area (Å²) in [4.78, 5) is 0. The molecular formula is C9H11KO5S. The van der Waals surface area contributed by atoms with Gasteiger partial charge in [0.2, 0.25) is 0 Å². The fourth-order valence-electron chi connectivity index (χ4n) is 0.951. The number of hydrogen-bond acceptors (Lipinski definition) is 5. The maximum atomic E-state index is 9.26. The van der Waals surface area contributed by atoms with Crippen LogP contribution in [0.25, 0.3) is 0 Å². The first-order valence-corrected chi connectivity index (χ1v) is 5.05. The van der Waals surface area contributed by atoms with Gasteiger partial charge in [-0.3, -0.25) is 0 Å². The van der Waals surface area contributed by atoms with E-state index in [2.05, 4.69) is 6.07 Å². The number of hydrogen-bond donors (Lipinski definition) is 2. The molecule has 0 bridgehead atoms. The Balaban J connectivity index is 0. The van der Waals surface area contributed by atoms with Crippen molar-refractivity contribution in [2.45, 2.75) is 19.8 Å². The first kappa shape index (κ1) is 18.4. The van der Waals surface area contributed by atoms with E-state index in [1.54, 1.807) is 0 Å². The van der Waals surface area contributed by atoms with Crippen LogP contribution in [0.2, 0.25) is 0 Å². The largest absolute Gasteiger partial charge is 1.00 e. The maximum Gasteiger partial charge on any atom is 1.00 e. The summed E-state index contributed by atoms with van der Waals surface area (Å²) in [5, 5.41) is 18.3. The van der Waals surface area contributed by atoms with Gasteiger partial charge in [0.05, 0.1) is 0 Å². The quantitative estimate of drug-likeness (QED) is 0.350. The van der Waals surface area contributed by atoms with Gasteiger partial charge < -0.3 is 10.2 Å². The second kappa shape index (κ2) is 9.14. The third kappa shape index (κ3) is 8.25. The summed E-state index contributed by atoms with van der Waals surface area (Å²) in [6.45, 7) is 3.91. The van der Waals surface area contributed by atoms with E-state index in [0.29, 0.717) is 0 Å². The van der Waals surface area contributed by atoms with Gasteiger partial charge in [0.25, 0.3) is 0 Å². The second-order valence-corrected chi connectivity index (χ2v) is 3.43. The Morgan fingerprint density at radius 2 is 1.69 bits per heavy atom. The van der Waals surface area contributed by atoms with Crippen LogP contribution in [0.5, 0.6) is 11.5 Å². The molecule has 1 rings (SSSR count). The molecular weight excluding hydrogens is 259 g/mol. The van der Waals surface area contributed by atoms with Crippen LogP contribution in [0, 0.1) is 6.07 Å². The molecule has 5 nitrogen and oxygen atoms in total. The molecule has 0 aliphatic carbocycles. The summed E-state index contributed by atoms with van der Waals surface area (Å²) in [6.07, 6.45) is 0. The van der Waals surface area contributed by atoms with Gasteiger partial charge >= 0.3 is 62.0 Å². The Bertz CT molecular complexity index is 419. The average molecular weight is 270 g/mol. The van der Waals surface area contributed by atoms with E-state index in [1.807, 2.05) is 13.8 Å². The third-order valence-electron chi connectivity index (χ3n) is 1.57. The molecule has 0 aromatic heterocycles. The van der Waals surface area contributed by atoms with Gasteiger partial charge in [0.15, 0.2) is 0 Å². The molecule has 0 radical (unpaired) electrons. The standard InChI is InChI=1S/C9H11O2.K.O3S/c1-6(2)8-5-7(10)3-4-9(8)11;;1-4(2)3/h4-6,10-11H,1-2H3;;/q-1;+1;. The van der Waals surface area contributed by atoms with Gasteiger partial charge in [-0.15, -0.1) is 36.4 Å². The van der Waals surface area contributed by atoms with Gasteiger partial charge in [-0.25, -0.2) is 0 Å². The number of phenolic OH excluding ortho intramolecular Hbond substituents is 2. The summed E-state index contributed by atoms with van der Waals surface area (Å²) in [6, 6.07) is 5.41. The molecule has 2 N–H and O–H groups in total. The minimum atomic E-state index is -3.11. The van der Waals surface area contributed by atoms with Gasteiger partial charge in [-0.1, -0.05) is 13.8 Å². The molecule has 16 heavy (non-hydrogen) atoms. The summed E-state index contributed by atoms with van der Waals surface area (Å²) in [7, 11) is -3.11. The zero-order chi connectivity index (χ0) is 12.0. The third-order valence-corrected chi connectivity index (χ3v) is 1.57. The molecule has 7 heteroatoms. The van der Waals surface area contributed by atoms with Crippen LogP contribution < -0.4 is 51.4 Å². The van der Waals surface area contributed by atoms with Crippen molar-refractivity contribution in [3.63, 3.8) is 0 Å². The van der Waals surface area contributed by atoms with Crippen LogP contribution in [0.3, 0.4) is 0 Å². The zero-order valence-corrected chi connectivity index (χ0v) is 13.2. The van der Waals surface area contributed by atoms with E-state index in [0.717, 1.165) is 5.56 Å². The van der Waals surface area contributed by atoms with Crippen molar-refractivity contribution in [1.82, 2.24) is 0 Å². The Morgan fingerprint density at radius 1 is 1.25 bits per heavy atom. The molecule has 0 atom stereocenters. The van der Waals surface area contributed by atoms with Crippen molar-refractivity contribution < 1.29 is 74.2 Å². The van der Waals surface area contributed by atoms with Crippen LogP contribution >= 0.6 is 0 Å². The van der Waals surface area contributed by atoms with E-state index < -0.39 is 10.6 Å².